The second-order valence-corrected chi connectivity index (χ2v) is 4.30. The van der Waals surface area contributed by atoms with Crippen molar-refractivity contribution < 1.29 is 5.11 Å². The Balaban J connectivity index is 2.81. The van der Waals surface area contributed by atoms with Gasteiger partial charge in [-0.3, -0.25) is 0 Å². The molecule has 92 valence electrons. The van der Waals surface area contributed by atoms with Gasteiger partial charge in [-0.1, -0.05) is 58.3 Å². The maximum atomic E-state index is 8.55. The summed E-state index contributed by atoms with van der Waals surface area (Å²) in [5, 5.41) is 11.8. The molecular formula is C13H29NO. The van der Waals surface area contributed by atoms with Gasteiger partial charge in [0.05, 0.1) is 6.61 Å². The summed E-state index contributed by atoms with van der Waals surface area (Å²) in [7, 11) is 0. The first-order chi connectivity index (χ1) is 7.41. The largest absolute Gasteiger partial charge is 0.395 e. The molecule has 0 radical (unpaired) electrons. The quantitative estimate of drug-likeness (QED) is 0.490. The van der Waals surface area contributed by atoms with Gasteiger partial charge in [0.2, 0.25) is 0 Å². The van der Waals surface area contributed by atoms with Gasteiger partial charge in [-0.2, -0.15) is 0 Å². The van der Waals surface area contributed by atoms with E-state index >= 15 is 0 Å². The first-order valence-corrected chi connectivity index (χ1v) is 6.73. The fraction of sp³-hybridized carbons (Fsp3) is 1.00. The van der Waals surface area contributed by atoms with Crippen molar-refractivity contribution in [1.29, 1.82) is 0 Å². The van der Waals surface area contributed by atoms with Crippen molar-refractivity contribution in [3.05, 3.63) is 0 Å². The Morgan fingerprint density at radius 3 is 1.80 bits per heavy atom. The van der Waals surface area contributed by atoms with Crippen molar-refractivity contribution in [3.63, 3.8) is 0 Å². The van der Waals surface area contributed by atoms with E-state index in [1.54, 1.807) is 0 Å². The predicted octanol–water partition coefficient (Wildman–Crippen LogP) is 3.10. The van der Waals surface area contributed by atoms with Gasteiger partial charge < -0.3 is 10.4 Å². The Morgan fingerprint density at radius 2 is 1.27 bits per heavy atom. The zero-order valence-corrected chi connectivity index (χ0v) is 10.4. The number of aliphatic hydroxyl groups excluding tert-OH is 1. The average molecular weight is 215 g/mol. The lowest BCUT2D eigenvalue weighted by atomic mass is 10.1. The normalized spacial score (nSPS) is 10.8. The fourth-order valence-electron chi connectivity index (χ4n) is 1.76. The highest BCUT2D eigenvalue weighted by atomic mass is 16.3. The molecule has 0 aromatic heterocycles. The van der Waals surface area contributed by atoms with Crippen LogP contribution >= 0.6 is 0 Å². The summed E-state index contributed by atoms with van der Waals surface area (Å²) in [4.78, 5) is 0. The molecule has 2 nitrogen and oxygen atoms in total. The molecule has 0 amide bonds. The third-order valence-electron chi connectivity index (χ3n) is 2.75. The minimum absolute atomic E-state index is 0.261. The van der Waals surface area contributed by atoms with Crippen LogP contribution in [0.2, 0.25) is 0 Å². The molecule has 0 aliphatic heterocycles. The number of aliphatic hydroxyl groups is 1. The Morgan fingerprint density at radius 1 is 0.733 bits per heavy atom. The van der Waals surface area contributed by atoms with Crippen molar-refractivity contribution in [1.82, 2.24) is 5.32 Å². The summed E-state index contributed by atoms with van der Waals surface area (Å²) in [6.07, 6.45) is 12.4. The standard InChI is InChI=1S/C13H29NO/c1-2-3-4-5-6-7-8-9-10-11-14-12-13-15/h14-15H,2-13H2,1H3. The van der Waals surface area contributed by atoms with Gasteiger partial charge in [0.25, 0.3) is 0 Å². The second kappa shape index (κ2) is 13.9. The summed E-state index contributed by atoms with van der Waals surface area (Å²) >= 11 is 0. The maximum absolute atomic E-state index is 8.55. The molecule has 2 N–H and O–H groups in total. The van der Waals surface area contributed by atoms with Crippen LogP contribution in [0.3, 0.4) is 0 Å². The Bertz CT molecular complexity index is 94.7. The van der Waals surface area contributed by atoms with Crippen LogP contribution < -0.4 is 5.32 Å². The summed E-state index contributed by atoms with van der Waals surface area (Å²) in [6.45, 7) is 4.34. The van der Waals surface area contributed by atoms with Gasteiger partial charge in [-0.05, 0) is 13.0 Å². The summed E-state index contributed by atoms with van der Waals surface area (Å²) in [5.41, 5.74) is 0. The lowest BCUT2D eigenvalue weighted by Crippen LogP contribution is -2.19. The molecule has 0 fully saturated rings. The van der Waals surface area contributed by atoms with Crippen LogP contribution in [-0.4, -0.2) is 24.8 Å². The number of unbranched alkanes of at least 4 members (excludes halogenated alkanes) is 8. The molecule has 0 bridgehead atoms. The molecular weight excluding hydrogens is 186 g/mol. The van der Waals surface area contributed by atoms with Gasteiger partial charge in [0.1, 0.15) is 0 Å². The third-order valence-corrected chi connectivity index (χ3v) is 2.75. The molecule has 0 saturated carbocycles. The van der Waals surface area contributed by atoms with Crippen molar-refractivity contribution in [2.24, 2.45) is 0 Å². The highest BCUT2D eigenvalue weighted by Gasteiger charge is 1.91. The van der Waals surface area contributed by atoms with E-state index in [-0.39, 0.29) is 6.61 Å². The first-order valence-electron chi connectivity index (χ1n) is 6.73. The van der Waals surface area contributed by atoms with Crippen molar-refractivity contribution >= 4 is 0 Å². The van der Waals surface area contributed by atoms with E-state index in [9.17, 15) is 0 Å². The van der Waals surface area contributed by atoms with Gasteiger partial charge in [-0.15, -0.1) is 0 Å². The molecule has 0 unspecified atom stereocenters. The highest BCUT2D eigenvalue weighted by Crippen LogP contribution is 2.08. The number of rotatable bonds is 12. The minimum Gasteiger partial charge on any atom is -0.395 e. The second-order valence-electron chi connectivity index (χ2n) is 4.30. The van der Waals surface area contributed by atoms with Crippen LogP contribution in [0.15, 0.2) is 0 Å². The van der Waals surface area contributed by atoms with Gasteiger partial charge >= 0.3 is 0 Å². The lowest BCUT2D eigenvalue weighted by molar-refractivity contribution is 0.292. The van der Waals surface area contributed by atoms with E-state index in [2.05, 4.69) is 12.2 Å². The smallest absolute Gasteiger partial charge is 0.0555 e. The predicted molar refractivity (Wildman–Crippen MR) is 67.2 cm³/mol. The van der Waals surface area contributed by atoms with Crippen LogP contribution in [0.1, 0.15) is 64.7 Å². The highest BCUT2D eigenvalue weighted by molar-refractivity contribution is 4.49. The van der Waals surface area contributed by atoms with Crippen LogP contribution in [0.25, 0.3) is 0 Å². The van der Waals surface area contributed by atoms with Crippen molar-refractivity contribution in [3.8, 4) is 0 Å². The molecule has 0 saturated heterocycles. The molecule has 0 atom stereocenters. The van der Waals surface area contributed by atoms with E-state index in [0.29, 0.717) is 0 Å². The molecule has 0 rings (SSSR count). The van der Waals surface area contributed by atoms with Crippen LogP contribution in [0.4, 0.5) is 0 Å². The molecule has 0 heterocycles. The summed E-state index contributed by atoms with van der Waals surface area (Å²) < 4.78 is 0. The molecule has 0 spiro atoms. The number of hydrogen-bond acceptors (Lipinski definition) is 2. The van der Waals surface area contributed by atoms with E-state index < -0.39 is 0 Å². The Hall–Kier alpha value is -0.0800. The molecule has 0 aliphatic rings. The zero-order valence-electron chi connectivity index (χ0n) is 10.4. The van der Waals surface area contributed by atoms with Crippen LogP contribution in [0, 0.1) is 0 Å². The Labute approximate surface area is 95.5 Å². The van der Waals surface area contributed by atoms with Crippen molar-refractivity contribution in [2.45, 2.75) is 64.7 Å². The van der Waals surface area contributed by atoms with Crippen LogP contribution in [0.5, 0.6) is 0 Å². The fourth-order valence-corrected chi connectivity index (χ4v) is 1.76. The minimum atomic E-state index is 0.261. The maximum Gasteiger partial charge on any atom is 0.0555 e. The lowest BCUT2D eigenvalue weighted by Gasteiger charge is -2.03. The molecule has 0 aromatic rings. The van der Waals surface area contributed by atoms with Gasteiger partial charge in [-0.25, -0.2) is 0 Å². The van der Waals surface area contributed by atoms with Crippen LogP contribution in [-0.2, 0) is 0 Å². The topological polar surface area (TPSA) is 32.3 Å². The number of hydrogen-bond donors (Lipinski definition) is 2. The van der Waals surface area contributed by atoms with Crippen molar-refractivity contribution in [2.75, 3.05) is 19.7 Å². The van der Waals surface area contributed by atoms with E-state index in [4.69, 9.17) is 5.11 Å². The summed E-state index contributed by atoms with van der Waals surface area (Å²) in [6, 6.07) is 0. The van der Waals surface area contributed by atoms with E-state index in [0.717, 1.165) is 13.1 Å². The third kappa shape index (κ3) is 13.9. The molecule has 15 heavy (non-hydrogen) atoms. The molecule has 0 aromatic carbocycles. The number of nitrogens with one attached hydrogen (secondary N) is 1. The summed E-state index contributed by atoms with van der Waals surface area (Å²) in [5.74, 6) is 0. The SMILES string of the molecule is CCCCCCCCCCCNCCO. The van der Waals surface area contributed by atoms with E-state index in [1.807, 2.05) is 0 Å². The molecule has 2 heteroatoms. The van der Waals surface area contributed by atoms with Gasteiger partial charge in [0.15, 0.2) is 0 Å². The Kier molecular flexibility index (Phi) is 13.8. The average Bonchev–Trinajstić information content (AvgIpc) is 2.26. The first kappa shape index (κ1) is 14.9. The molecule has 0 aliphatic carbocycles. The monoisotopic (exact) mass is 215 g/mol. The van der Waals surface area contributed by atoms with E-state index in [1.165, 1.54) is 57.8 Å². The zero-order chi connectivity index (χ0) is 11.2. The van der Waals surface area contributed by atoms with Gasteiger partial charge in [0, 0.05) is 6.54 Å².